The summed E-state index contributed by atoms with van der Waals surface area (Å²) in [7, 11) is 1.58. The average molecular weight is 297 g/mol. The molecule has 0 radical (unpaired) electrons. The van der Waals surface area contributed by atoms with E-state index in [0.29, 0.717) is 24.8 Å². The Morgan fingerprint density at radius 3 is 2.57 bits per heavy atom. The van der Waals surface area contributed by atoms with Crippen LogP contribution >= 0.6 is 0 Å². The molecule has 0 atom stereocenters. The Bertz CT molecular complexity index is 505. The highest BCUT2D eigenvalue weighted by Crippen LogP contribution is 2.28. The van der Waals surface area contributed by atoms with E-state index in [0.717, 1.165) is 6.42 Å². The quantitative estimate of drug-likeness (QED) is 0.561. The molecule has 0 aliphatic carbocycles. The minimum Gasteiger partial charge on any atom is -0.382 e. The van der Waals surface area contributed by atoms with Gasteiger partial charge in [0.15, 0.2) is 0 Å². The molecule has 2 N–H and O–H groups in total. The lowest BCUT2D eigenvalue weighted by atomic mass is 10.1. The van der Waals surface area contributed by atoms with Crippen molar-refractivity contribution < 1.29 is 9.66 Å². The van der Waals surface area contributed by atoms with Gasteiger partial charge in [-0.3, -0.25) is 10.1 Å². The third-order valence-electron chi connectivity index (χ3n) is 2.74. The predicted octanol–water partition coefficient (Wildman–Crippen LogP) is 2.35. The van der Waals surface area contributed by atoms with E-state index in [4.69, 9.17) is 4.74 Å². The first-order valence-electron chi connectivity index (χ1n) is 6.84. The summed E-state index contributed by atoms with van der Waals surface area (Å²) in [6, 6.07) is 0. The molecule has 1 rings (SSSR count). The molecule has 8 heteroatoms. The Hall–Kier alpha value is -1.96. The molecular weight excluding hydrogens is 274 g/mol. The molecule has 0 aromatic carbocycles. The number of rotatable bonds is 8. The zero-order valence-corrected chi connectivity index (χ0v) is 13.2. The van der Waals surface area contributed by atoms with Crippen LogP contribution in [0.25, 0.3) is 0 Å². The van der Waals surface area contributed by atoms with E-state index < -0.39 is 10.5 Å². The van der Waals surface area contributed by atoms with Gasteiger partial charge < -0.3 is 15.4 Å². The van der Waals surface area contributed by atoms with Gasteiger partial charge in [-0.15, -0.1) is 0 Å². The van der Waals surface area contributed by atoms with Gasteiger partial charge in [-0.1, -0.05) is 6.92 Å². The molecule has 0 saturated heterocycles. The summed E-state index contributed by atoms with van der Waals surface area (Å²) in [5.74, 6) is 0.587. The van der Waals surface area contributed by atoms with Crippen LogP contribution in [0.4, 0.5) is 17.5 Å². The Labute approximate surface area is 124 Å². The number of aryl methyl sites for hydroxylation is 1. The minimum absolute atomic E-state index is 0.110. The van der Waals surface area contributed by atoms with Crippen LogP contribution in [0.1, 0.15) is 32.9 Å². The fourth-order valence-electron chi connectivity index (χ4n) is 1.91. The SMILES string of the molecule is CCCNc1nc(C)c([N+](=O)[O-])c(NC(C)(C)COC)n1. The monoisotopic (exact) mass is 297 g/mol. The van der Waals surface area contributed by atoms with Crippen molar-refractivity contribution in [2.45, 2.75) is 39.7 Å². The third kappa shape index (κ3) is 4.82. The van der Waals surface area contributed by atoms with Gasteiger partial charge in [0, 0.05) is 13.7 Å². The Morgan fingerprint density at radius 1 is 1.38 bits per heavy atom. The Kier molecular flexibility index (Phi) is 5.83. The summed E-state index contributed by atoms with van der Waals surface area (Å²) in [6.07, 6.45) is 0.914. The number of hydrogen-bond donors (Lipinski definition) is 2. The molecule has 0 aliphatic heterocycles. The second-order valence-corrected chi connectivity index (χ2v) is 5.46. The molecule has 0 amide bonds. The fraction of sp³-hybridized carbons (Fsp3) is 0.692. The molecule has 1 aromatic heterocycles. The summed E-state index contributed by atoms with van der Waals surface area (Å²) in [5.41, 5.74) is -0.270. The van der Waals surface area contributed by atoms with E-state index in [9.17, 15) is 10.1 Å². The van der Waals surface area contributed by atoms with Gasteiger partial charge in [-0.2, -0.15) is 4.98 Å². The maximum Gasteiger partial charge on any atom is 0.332 e. The number of aromatic nitrogens is 2. The first-order chi connectivity index (χ1) is 9.80. The molecule has 8 nitrogen and oxygen atoms in total. The number of nitrogens with zero attached hydrogens (tertiary/aromatic N) is 3. The van der Waals surface area contributed by atoms with E-state index in [2.05, 4.69) is 20.6 Å². The molecule has 0 fully saturated rings. The third-order valence-corrected chi connectivity index (χ3v) is 2.74. The van der Waals surface area contributed by atoms with Gasteiger partial charge in [0.2, 0.25) is 11.8 Å². The Balaban J connectivity index is 3.18. The molecule has 0 aliphatic rings. The summed E-state index contributed by atoms with van der Waals surface area (Å²) in [4.78, 5) is 19.1. The first-order valence-corrected chi connectivity index (χ1v) is 6.84. The zero-order valence-electron chi connectivity index (χ0n) is 13.2. The van der Waals surface area contributed by atoms with Crippen molar-refractivity contribution in [3.8, 4) is 0 Å². The summed E-state index contributed by atoms with van der Waals surface area (Å²) in [5, 5.41) is 17.4. The molecule has 1 aromatic rings. The predicted molar refractivity (Wildman–Crippen MR) is 81.8 cm³/mol. The van der Waals surface area contributed by atoms with Crippen LogP contribution in [0.15, 0.2) is 0 Å². The Morgan fingerprint density at radius 2 is 2.05 bits per heavy atom. The molecule has 118 valence electrons. The second-order valence-electron chi connectivity index (χ2n) is 5.46. The molecule has 0 saturated carbocycles. The molecular formula is C13H23N5O3. The number of hydrogen-bond acceptors (Lipinski definition) is 7. The molecule has 0 spiro atoms. The van der Waals surface area contributed by atoms with Crippen molar-refractivity contribution in [1.82, 2.24) is 9.97 Å². The summed E-state index contributed by atoms with van der Waals surface area (Å²) < 4.78 is 5.11. The standard InChI is InChI=1S/C13H23N5O3/c1-6-7-14-12-15-9(2)10(18(19)20)11(16-12)17-13(3,4)8-21-5/h6-8H2,1-5H3,(H2,14,15,16,17). The molecule has 1 heterocycles. The summed E-state index contributed by atoms with van der Waals surface area (Å²) >= 11 is 0. The van der Waals surface area contributed by atoms with E-state index >= 15 is 0 Å². The summed E-state index contributed by atoms with van der Waals surface area (Å²) in [6.45, 7) is 8.49. The number of anilines is 2. The van der Waals surface area contributed by atoms with Crippen LogP contribution in [0, 0.1) is 17.0 Å². The molecule has 21 heavy (non-hydrogen) atoms. The van der Waals surface area contributed by atoms with Crippen LogP contribution in [-0.4, -0.2) is 40.7 Å². The van der Waals surface area contributed by atoms with Crippen LogP contribution in [0.2, 0.25) is 0 Å². The maximum atomic E-state index is 11.2. The lowest BCUT2D eigenvalue weighted by Crippen LogP contribution is -2.36. The van der Waals surface area contributed by atoms with Crippen molar-refractivity contribution in [3.63, 3.8) is 0 Å². The minimum atomic E-state index is -0.484. The van der Waals surface area contributed by atoms with Gasteiger partial charge in [0.05, 0.1) is 17.1 Å². The number of methoxy groups -OCH3 is 1. The van der Waals surface area contributed by atoms with Crippen molar-refractivity contribution >= 4 is 17.5 Å². The van der Waals surface area contributed by atoms with Crippen molar-refractivity contribution in [2.24, 2.45) is 0 Å². The molecule has 0 bridgehead atoms. The van der Waals surface area contributed by atoms with Crippen LogP contribution in [-0.2, 0) is 4.74 Å². The largest absolute Gasteiger partial charge is 0.382 e. The van der Waals surface area contributed by atoms with E-state index in [-0.39, 0.29) is 11.5 Å². The highest BCUT2D eigenvalue weighted by atomic mass is 16.6. The molecule has 0 unspecified atom stereocenters. The van der Waals surface area contributed by atoms with Crippen molar-refractivity contribution in [1.29, 1.82) is 0 Å². The van der Waals surface area contributed by atoms with E-state index in [1.165, 1.54) is 0 Å². The topological polar surface area (TPSA) is 102 Å². The van der Waals surface area contributed by atoms with Gasteiger partial charge in [0.25, 0.3) is 0 Å². The van der Waals surface area contributed by atoms with E-state index in [1.807, 2.05) is 20.8 Å². The average Bonchev–Trinajstić information content (AvgIpc) is 2.34. The lowest BCUT2D eigenvalue weighted by molar-refractivity contribution is -0.385. The van der Waals surface area contributed by atoms with Crippen molar-refractivity contribution in [2.75, 3.05) is 30.9 Å². The highest BCUT2D eigenvalue weighted by molar-refractivity contribution is 5.61. The second kappa shape index (κ2) is 7.16. The highest BCUT2D eigenvalue weighted by Gasteiger charge is 2.27. The number of nitrogens with one attached hydrogen (secondary N) is 2. The first kappa shape index (κ1) is 17.1. The lowest BCUT2D eigenvalue weighted by Gasteiger charge is -2.26. The van der Waals surface area contributed by atoms with Crippen LogP contribution < -0.4 is 10.6 Å². The fourth-order valence-corrected chi connectivity index (χ4v) is 1.91. The van der Waals surface area contributed by atoms with E-state index in [1.54, 1.807) is 14.0 Å². The number of nitro groups is 1. The zero-order chi connectivity index (χ0) is 16.0. The van der Waals surface area contributed by atoms with Crippen LogP contribution in [0.3, 0.4) is 0 Å². The van der Waals surface area contributed by atoms with Crippen LogP contribution in [0.5, 0.6) is 0 Å². The normalized spacial score (nSPS) is 11.3. The maximum absolute atomic E-state index is 11.2. The van der Waals surface area contributed by atoms with Gasteiger partial charge >= 0.3 is 5.69 Å². The van der Waals surface area contributed by atoms with Gasteiger partial charge in [-0.25, -0.2) is 4.98 Å². The smallest absolute Gasteiger partial charge is 0.332 e. The van der Waals surface area contributed by atoms with Gasteiger partial charge in [-0.05, 0) is 27.2 Å². The van der Waals surface area contributed by atoms with Gasteiger partial charge in [0.1, 0.15) is 5.69 Å². The van der Waals surface area contributed by atoms with Crippen molar-refractivity contribution in [3.05, 3.63) is 15.8 Å². The number of ether oxygens (including phenoxy) is 1.